The molecule has 2 aromatic heterocycles. The lowest BCUT2D eigenvalue weighted by atomic mass is 10.0. The minimum Gasteiger partial charge on any atom is -0.477 e. The Morgan fingerprint density at radius 3 is 2.75 bits per heavy atom. The molecule has 0 aliphatic carbocycles. The maximum Gasteiger partial charge on any atom is 0.341 e. The van der Waals surface area contributed by atoms with Crippen molar-refractivity contribution in [1.29, 1.82) is 0 Å². The van der Waals surface area contributed by atoms with Gasteiger partial charge in [-0.1, -0.05) is 17.7 Å². The predicted molar refractivity (Wildman–Crippen MR) is 136 cm³/mol. The molecule has 0 unspecified atom stereocenters. The summed E-state index contributed by atoms with van der Waals surface area (Å²) in [6.45, 7) is 5.57. The summed E-state index contributed by atoms with van der Waals surface area (Å²) in [4.78, 5) is 44.7. The summed E-state index contributed by atoms with van der Waals surface area (Å²) in [6.07, 6.45) is 4.97. The highest BCUT2D eigenvalue weighted by Gasteiger charge is 2.33. The van der Waals surface area contributed by atoms with Crippen LogP contribution >= 0.6 is 11.6 Å². The third-order valence-electron chi connectivity index (χ3n) is 7.09. The lowest BCUT2D eigenvalue weighted by Crippen LogP contribution is -2.50. The number of aryl methyl sites for hydroxylation is 1. The van der Waals surface area contributed by atoms with Crippen LogP contribution in [0.4, 0.5) is 5.69 Å². The zero-order valence-corrected chi connectivity index (χ0v) is 20.9. The van der Waals surface area contributed by atoms with Gasteiger partial charge >= 0.3 is 5.97 Å². The summed E-state index contributed by atoms with van der Waals surface area (Å²) in [5, 5.41) is 10.3. The van der Waals surface area contributed by atoms with Crippen molar-refractivity contribution in [2.45, 2.75) is 38.8 Å². The molecular weight excluding hydrogens is 484 g/mol. The molecule has 10 heteroatoms. The van der Waals surface area contributed by atoms with E-state index in [0.717, 1.165) is 30.6 Å². The average molecular weight is 511 g/mol. The quantitative estimate of drug-likeness (QED) is 0.541. The van der Waals surface area contributed by atoms with Crippen molar-refractivity contribution >= 4 is 40.1 Å². The molecule has 1 aromatic carbocycles. The molecule has 5 rings (SSSR count). The lowest BCUT2D eigenvalue weighted by Gasteiger charge is -2.40. The number of carboxylic acid groups (broad SMARTS) is 1. The highest BCUT2D eigenvalue weighted by atomic mass is 35.5. The van der Waals surface area contributed by atoms with Gasteiger partial charge in [-0.3, -0.25) is 9.59 Å². The van der Waals surface area contributed by atoms with Gasteiger partial charge in [0, 0.05) is 49.9 Å². The highest BCUT2D eigenvalue weighted by molar-refractivity contribution is 6.34. The molecule has 3 aromatic rings. The van der Waals surface area contributed by atoms with Crippen LogP contribution in [0, 0.1) is 6.92 Å². The molecule has 9 nitrogen and oxygen atoms in total. The van der Waals surface area contributed by atoms with Crippen LogP contribution in [0.2, 0.25) is 5.02 Å². The highest BCUT2D eigenvalue weighted by Crippen LogP contribution is 2.36. The topological polar surface area (TPSA) is 105 Å². The fourth-order valence-corrected chi connectivity index (χ4v) is 5.32. The number of halogens is 1. The van der Waals surface area contributed by atoms with E-state index in [2.05, 4.69) is 9.88 Å². The molecule has 2 aliphatic rings. The second-order valence-electron chi connectivity index (χ2n) is 9.41. The summed E-state index contributed by atoms with van der Waals surface area (Å²) in [5.41, 5.74) is 1.45. The first-order valence-corrected chi connectivity index (χ1v) is 12.3. The largest absolute Gasteiger partial charge is 0.477 e. The van der Waals surface area contributed by atoms with Gasteiger partial charge in [0.15, 0.2) is 0 Å². The van der Waals surface area contributed by atoms with Crippen molar-refractivity contribution in [3.63, 3.8) is 0 Å². The zero-order valence-electron chi connectivity index (χ0n) is 20.1. The first kappa shape index (κ1) is 24.1. The summed E-state index contributed by atoms with van der Waals surface area (Å²) < 4.78 is 7.83. The number of rotatable bonds is 6. The number of aromatic carboxylic acids is 1. The number of fused-ring (bicyclic) bond motifs is 1. The van der Waals surface area contributed by atoms with Gasteiger partial charge in [-0.15, -0.1) is 0 Å². The SMILES string of the molecule is CC(=O)N1CC(n2cc(C(=O)O)c(=O)c3cc(Cl)c(N4CCC[C@@H]4COc4ncccc4C)cc32)C1. The number of aromatic nitrogens is 2. The van der Waals surface area contributed by atoms with E-state index in [9.17, 15) is 19.5 Å². The average Bonchev–Trinajstić information content (AvgIpc) is 3.26. The first-order chi connectivity index (χ1) is 17.2. The van der Waals surface area contributed by atoms with Crippen molar-refractivity contribution in [1.82, 2.24) is 14.5 Å². The molecule has 1 atom stereocenters. The van der Waals surface area contributed by atoms with Crippen LogP contribution in [0.3, 0.4) is 0 Å². The van der Waals surface area contributed by atoms with Crippen LogP contribution in [0.5, 0.6) is 5.88 Å². The van der Waals surface area contributed by atoms with E-state index >= 15 is 0 Å². The van der Waals surface area contributed by atoms with E-state index in [-0.39, 0.29) is 28.9 Å². The number of carbonyl (C=O) groups excluding carboxylic acids is 1. The van der Waals surface area contributed by atoms with E-state index in [0.29, 0.717) is 36.1 Å². The molecule has 4 heterocycles. The van der Waals surface area contributed by atoms with Crippen LogP contribution < -0.4 is 15.1 Å². The number of likely N-dealkylation sites (tertiary alicyclic amines) is 1. The molecule has 36 heavy (non-hydrogen) atoms. The number of carbonyl (C=O) groups is 2. The summed E-state index contributed by atoms with van der Waals surface area (Å²) in [6, 6.07) is 7.19. The molecule has 1 N–H and O–H groups in total. The Bertz CT molecular complexity index is 1420. The van der Waals surface area contributed by atoms with Gasteiger partial charge in [0.1, 0.15) is 12.2 Å². The number of anilines is 1. The predicted octanol–water partition coefficient (Wildman–Crippen LogP) is 3.51. The van der Waals surface area contributed by atoms with E-state index < -0.39 is 11.4 Å². The van der Waals surface area contributed by atoms with Gasteiger partial charge in [0.2, 0.25) is 17.2 Å². The number of nitrogens with zero attached hydrogens (tertiary/aromatic N) is 4. The van der Waals surface area contributed by atoms with Crippen LogP contribution in [-0.4, -0.2) is 63.7 Å². The van der Waals surface area contributed by atoms with Crippen LogP contribution in [-0.2, 0) is 4.79 Å². The molecule has 188 valence electrons. The third kappa shape index (κ3) is 4.28. The Balaban J connectivity index is 1.52. The summed E-state index contributed by atoms with van der Waals surface area (Å²) in [7, 11) is 0. The Morgan fingerprint density at radius 1 is 1.28 bits per heavy atom. The van der Waals surface area contributed by atoms with E-state index in [1.165, 1.54) is 13.1 Å². The number of amides is 1. The van der Waals surface area contributed by atoms with Crippen LogP contribution in [0.25, 0.3) is 10.9 Å². The molecule has 1 amide bonds. The number of carboxylic acids is 1. The van der Waals surface area contributed by atoms with Crippen molar-refractivity contribution < 1.29 is 19.4 Å². The number of hydrogen-bond acceptors (Lipinski definition) is 6. The number of hydrogen-bond donors (Lipinski definition) is 1. The molecule has 2 fully saturated rings. The third-order valence-corrected chi connectivity index (χ3v) is 7.40. The van der Waals surface area contributed by atoms with E-state index in [1.54, 1.807) is 21.7 Å². The fraction of sp³-hybridized carbons (Fsp3) is 0.385. The summed E-state index contributed by atoms with van der Waals surface area (Å²) in [5.74, 6) is -0.731. The minimum absolute atomic E-state index is 0.0400. The molecular formula is C26H27ClN4O5. The Kier molecular flexibility index (Phi) is 6.34. The maximum atomic E-state index is 13.0. The second-order valence-corrected chi connectivity index (χ2v) is 9.82. The van der Waals surface area contributed by atoms with Crippen molar-refractivity contribution in [3.8, 4) is 5.88 Å². The number of benzene rings is 1. The minimum atomic E-state index is -1.29. The van der Waals surface area contributed by atoms with Crippen molar-refractivity contribution in [3.05, 3.63) is 63.0 Å². The van der Waals surface area contributed by atoms with E-state index in [4.69, 9.17) is 16.3 Å². The Hall–Kier alpha value is -3.59. The van der Waals surface area contributed by atoms with Gasteiger partial charge < -0.3 is 24.2 Å². The maximum absolute atomic E-state index is 13.0. The summed E-state index contributed by atoms with van der Waals surface area (Å²) >= 11 is 6.70. The molecule has 2 aliphatic heterocycles. The standard InChI is InChI=1S/C26H27ClN4O5/c1-15-5-3-7-28-25(15)36-14-17-6-4-8-30(17)23-10-22-19(9-21(23)27)24(33)20(26(34)35)13-31(22)18-11-29(12-18)16(2)32/h3,5,7,9-10,13,17-18H,4,6,8,11-12,14H2,1-2H3,(H,34,35)/t17-/m1/s1. The zero-order chi connectivity index (χ0) is 25.6. The molecule has 0 radical (unpaired) electrons. The molecule has 0 spiro atoms. The van der Waals surface area contributed by atoms with Crippen molar-refractivity contribution in [2.75, 3.05) is 31.1 Å². The Labute approximate surface area is 212 Å². The molecule has 0 bridgehead atoms. The van der Waals surface area contributed by atoms with Gasteiger partial charge in [0.25, 0.3) is 0 Å². The first-order valence-electron chi connectivity index (χ1n) is 11.9. The van der Waals surface area contributed by atoms with Gasteiger partial charge in [-0.2, -0.15) is 0 Å². The monoisotopic (exact) mass is 510 g/mol. The second kappa shape index (κ2) is 9.46. The van der Waals surface area contributed by atoms with Gasteiger partial charge in [-0.05, 0) is 38.0 Å². The lowest BCUT2D eigenvalue weighted by molar-refractivity contribution is -0.134. The number of pyridine rings is 2. The fourth-order valence-electron chi connectivity index (χ4n) is 5.05. The normalized spacial score (nSPS) is 17.9. The van der Waals surface area contributed by atoms with Crippen LogP contribution in [0.15, 0.2) is 41.5 Å². The molecule has 2 saturated heterocycles. The van der Waals surface area contributed by atoms with Crippen molar-refractivity contribution in [2.24, 2.45) is 0 Å². The number of ether oxygens (including phenoxy) is 1. The Morgan fingerprint density at radius 2 is 2.06 bits per heavy atom. The molecule has 0 saturated carbocycles. The smallest absolute Gasteiger partial charge is 0.341 e. The van der Waals surface area contributed by atoms with Crippen LogP contribution in [0.1, 0.15) is 41.7 Å². The van der Waals surface area contributed by atoms with E-state index in [1.807, 2.05) is 25.1 Å². The van der Waals surface area contributed by atoms with Gasteiger partial charge in [-0.25, -0.2) is 9.78 Å². The van der Waals surface area contributed by atoms with Gasteiger partial charge in [0.05, 0.1) is 28.3 Å².